The van der Waals surface area contributed by atoms with Gasteiger partial charge >= 0.3 is 0 Å². The Bertz CT molecular complexity index is 694. The molecule has 0 aromatic heterocycles. The van der Waals surface area contributed by atoms with Crippen LogP contribution in [0, 0.1) is 5.92 Å². The first-order valence-corrected chi connectivity index (χ1v) is 7.16. The van der Waals surface area contributed by atoms with E-state index in [1.807, 2.05) is 54.6 Å². The van der Waals surface area contributed by atoms with Crippen molar-refractivity contribution in [2.24, 2.45) is 5.92 Å². The first-order valence-electron chi connectivity index (χ1n) is 7.16. The largest absolute Gasteiger partial charge is 0.497 e. The van der Waals surface area contributed by atoms with Crippen LogP contribution in [0.4, 0.5) is 5.69 Å². The second-order valence-corrected chi connectivity index (χ2v) is 5.35. The normalized spacial score (nSPS) is 20.5. The molecule has 2 aromatic carbocycles. The topological polar surface area (TPSA) is 46.6 Å². The van der Waals surface area contributed by atoms with Gasteiger partial charge in [-0.25, -0.2) is 0 Å². The number of rotatable bonds is 4. The van der Waals surface area contributed by atoms with E-state index in [-0.39, 0.29) is 17.7 Å². The van der Waals surface area contributed by atoms with Crippen LogP contribution in [0.1, 0.15) is 18.5 Å². The summed E-state index contributed by atoms with van der Waals surface area (Å²) in [5, 5.41) is 0. The van der Waals surface area contributed by atoms with E-state index in [1.165, 1.54) is 6.92 Å². The zero-order chi connectivity index (χ0) is 15.7. The SMILES string of the molecule is COc1ccc(N2C(=O)[C@H](C(C)=O)[C@H]2c2ccccc2)cc1. The minimum absolute atomic E-state index is 0.0939. The van der Waals surface area contributed by atoms with E-state index < -0.39 is 5.92 Å². The van der Waals surface area contributed by atoms with Crippen molar-refractivity contribution in [3.8, 4) is 5.75 Å². The van der Waals surface area contributed by atoms with Gasteiger partial charge in [-0.15, -0.1) is 0 Å². The van der Waals surface area contributed by atoms with Gasteiger partial charge < -0.3 is 9.64 Å². The number of β-lactam (4-membered cyclic amide) rings is 1. The van der Waals surface area contributed by atoms with Crippen LogP contribution in [-0.2, 0) is 9.59 Å². The third kappa shape index (κ3) is 2.26. The summed E-state index contributed by atoms with van der Waals surface area (Å²) < 4.78 is 5.14. The summed E-state index contributed by atoms with van der Waals surface area (Å²) in [6.07, 6.45) is 0. The van der Waals surface area contributed by atoms with Gasteiger partial charge in [0.2, 0.25) is 5.91 Å². The number of amides is 1. The third-order valence-electron chi connectivity index (χ3n) is 4.03. The van der Waals surface area contributed by atoms with E-state index in [4.69, 9.17) is 4.74 Å². The molecule has 4 heteroatoms. The molecule has 1 saturated heterocycles. The molecule has 3 rings (SSSR count). The Morgan fingerprint density at radius 2 is 1.68 bits per heavy atom. The lowest BCUT2D eigenvalue weighted by atomic mass is 9.79. The van der Waals surface area contributed by atoms with Gasteiger partial charge in [-0.05, 0) is 36.8 Å². The zero-order valence-corrected chi connectivity index (χ0v) is 12.5. The maximum absolute atomic E-state index is 12.4. The second-order valence-electron chi connectivity index (χ2n) is 5.35. The molecular formula is C18H17NO3. The van der Waals surface area contributed by atoms with Crippen molar-refractivity contribution >= 4 is 17.4 Å². The number of methoxy groups -OCH3 is 1. The Morgan fingerprint density at radius 3 is 2.23 bits per heavy atom. The molecule has 0 saturated carbocycles. The summed E-state index contributed by atoms with van der Waals surface area (Å²) in [5.74, 6) is -0.101. The lowest BCUT2D eigenvalue weighted by molar-refractivity contribution is -0.138. The van der Waals surface area contributed by atoms with E-state index in [9.17, 15) is 9.59 Å². The average molecular weight is 295 g/mol. The minimum Gasteiger partial charge on any atom is -0.497 e. The zero-order valence-electron chi connectivity index (χ0n) is 12.5. The predicted octanol–water partition coefficient (Wildman–Crippen LogP) is 2.99. The van der Waals surface area contributed by atoms with Crippen molar-refractivity contribution in [1.82, 2.24) is 0 Å². The maximum Gasteiger partial charge on any atom is 0.240 e. The predicted molar refractivity (Wildman–Crippen MR) is 83.8 cm³/mol. The van der Waals surface area contributed by atoms with Crippen LogP contribution < -0.4 is 9.64 Å². The molecule has 1 aliphatic rings. The number of benzene rings is 2. The van der Waals surface area contributed by atoms with Crippen molar-refractivity contribution in [2.45, 2.75) is 13.0 Å². The molecule has 2 atom stereocenters. The number of anilines is 1. The van der Waals surface area contributed by atoms with Crippen LogP contribution in [0.5, 0.6) is 5.75 Å². The van der Waals surface area contributed by atoms with Gasteiger partial charge in [-0.3, -0.25) is 9.59 Å². The van der Waals surface area contributed by atoms with Crippen LogP contribution in [0.3, 0.4) is 0 Å². The van der Waals surface area contributed by atoms with Crippen molar-refractivity contribution in [2.75, 3.05) is 12.0 Å². The Morgan fingerprint density at radius 1 is 1.05 bits per heavy atom. The number of carbonyl (C=O) groups excluding carboxylic acids is 2. The number of hydrogen-bond acceptors (Lipinski definition) is 3. The smallest absolute Gasteiger partial charge is 0.240 e. The van der Waals surface area contributed by atoms with E-state index in [2.05, 4.69) is 0 Å². The number of nitrogens with zero attached hydrogens (tertiary/aromatic N) is 1. The summed E-state index contributed by atoms with van der Waals surface area (Å²) in [5.41, 5.74) is 1.75. The molecule has 0 unspecified atom stereocenters. The van der Waals surface area contributed by atoms with E-state index in [0.29, 0.717) is 0 Å². The molecule has 0 aliphatic carbocycles. The Kier molecular flexibility index (Phi) is 3.67. The Balaban J connectivity index is 1.98. The highest BCUT2D eigenvalue weighted by Crippen LogP contribution is 2.44. The molecule has 1 heterocycles. The highest BCUT2D eigenvalue weighted by Gasteiger charge is 2.51. The average Bonchev–Trinajstić information content (AvgIpc) is 2.53. The monoisotopic (exact) mass is 295 g/mol. The molecule has 22 heavy (non-hydrogen) atoms. The summed E-state index contributed by atoms with van der Waals surface area (Å²) >= 11 is 0. The third-order valence-corrected chi connectivity index (χ3v) is 4.03. The van der Waals surface area contributed by atoms with E-state index in [1.54, 1.807) is 12.0 Å². The maximum atomic E-state index is 12.4. The molecule has 0 spiro atoms. The number of hydrogen-bond donors (Lipinski definition) is 0. The summed E-state index contributed by atoms with van der Waals surface area (Å²) in [7, 11) is 1.60. The van der Waals surface area contributed by atoms with Crippen LogP contribution in [0.2, 0.25) is 0 Å². The lowest BCUT2D eigenvalue weighted by Crippen LogP contribution is -2.57. The Labute approximate surface area is 129 Å². The fourth-order valence-corrected chi connectivity index (χ4v) is 2.91. The van der Waals surface area contributed by atoms with Crippen LogP contribution in [0.15, 0.2) is 54.6 Å². The van der Waals surface area contributed by atoms with Crippen molar-refractivity contribution in [3.63, 3.8) is 0 Å². The van der Waals surface area contributed by atoms with Crippen LogP contribution in [0.25, 0.3) is 0 Å². The second kappa shape index (κ2) is 5.64. The first-order chi connectivity index (χ1) is 10.6. The highest BCUT2D eigenvalue weighted by atomic mass is 16.5. The molecule has 1 amide bonds. The van der Waals surface area contributed by atoms with Gasteiger partial charge in [0.15, 0.2) is 0 Å². The standard InChI is InChI=1S/C18H17NO3/c1-12(20)16-17(13-6-4-3-5-7-13)19(18(16)21)14-8-10-15(22-2)11-9-14/h3-11,16-17H,1-2H3/t16-,17-/m1/s1. The molecular weight excluding hydrogens is 278 g/mol. The number of ether oxygens (including phenoxy) is 1. The van der Waals surface area contributed by atoms with E-state index in [0.717, 1.165) is 17.0 Å². The van der Waals surface area contributed by atoms with Crippen LogP contribution in [-0.4, -0.2) is 18.8 Å². The van der Waals surface area contributed by atoms with Crippen molar-refractivity contribution < 1.29 is 14.3 Å². The number of ketones is 1. The number of Topliss-reactive ketones (excluding diaryl/α,β-unsaturated/α-hetero) is 1. The molecule has 1 aliphatic heterocycles. The molecule has 0 radical (unpaired) electrons. The fourth-order valence-electron chi connectivity index (χ4n) is 2.91. The summed E-state index contributed by atoms with van der Waals surface area (Å²) in [4.78, 5) is 25.9. The van der Waals surface area contributed by atoms with Crippen molar-refractivity contribution in [1.29, 1.82) is 0 Å². The van der Waals surface area contributed by atoms with Gasteiger partial charge in [0.1, 0.15) is 17.5 Å². The quantitative estimate of drug-likeness (QED) is 0.643. The molecule has 112 valence electrons. The molecule has 2 aromatic rings. The first kappa shape index (κ1) is 14.3. The number of carbonyl (C=O) groups is 2. The van der Waals surface area contributed by atoms with E-state index >= 15 is 0 Å². The van der Waals surface area contributed by atoms with Gasteiger partial charge in [0.05, 0.1) is 13.2 Å². The summed E-state index contributed by atoms with van der Waals surface area (Å²) in [6, 6.07) is 16.7. The minimum atomic E-state index is -0.593. The lowest BCUT2D eigenvalue weighted by Gasteiger charge is -2.46. The van der Waals surface area contributed by atoms with Gasteiger partial charge in [-0.1, -0.05) is 30.3 Å². The highest BCUT2D eigenvalue weighted by molar-refractivity contribution is 6.15. The molecule has 0 bridgehead atoms. The van der Waals surface area contributed by atoms with Gasteiger partial charge in [0, 0.05) is 5.69 Å². The molecule has 0 N–H and O–H groups in total. The fraction of sp³-hybridized carbons (Fsp3) is 0.222. The Hall–Kier alpha value is -2.62. The van der Waals surface area contributed by atoms with Gasteiger partial charge in [0.25, 0.3) is 0 Å². The van der Waals surface area contributed by atoms with Gasteiger partial charge in [-0.2, -0.15) is 0 Å². The van der Waals surface area contributed by atoms with Crippen molar-refractivity contribution in [3.05, 3.63) is 60.2 Å². The molecule has 4 nitrogen and oxygen atoms in total. The molecule has 1 fully saturated rings. The summed E-state index contributed by atoms with van der Waals surface area (Å²) in [6.45, 7) is 1.48. The van der Waals surface area contributed by atoms with Crippen LogP contribution >= 0.6 is 0 Å².